The molecule has 0 bridgehead atoms. The molecule has 0 unspecified atom stereocenters. The van der Waals surface area contributed by atoms with Crippen molar-refractivity contribution in [2.75, 3.05) is 0 Å². The largest absolute Gasteiger partial charge is 0.276 e. The van der Waals surface area contributed by atoms with Gasteiger partial charge in [-0.25, -0.2) is 9.67 Å². The van der Waals surface area contributed by atoms with Gasteiger partial charge in [0, 0.05) is 18.8 Å². The topological polar surface area (TPSA) is 46.8 Å². The molecule has 0 aliphatic carbocycles. The third-order valence-corrected chi connectivity index (χ3v) is 2.61. The Kier molecular flexibility index (Phi) is 3.82. The van der Waals surface area contributed by atoms with Crippen molar-refractivity contribution in [2.45, 2.75) is 33.1 Å². The minimum atomic E-state index is 0.432. The summed E-state index contributed by atoms with van der Waals surface area (Å²) in [6.07, 6.45) is 5.11. The number of nitrogens with zero attached hydrogens (tertiary/aromatic N) is 5. The highest BCUT2D eigenvalue weighted by Crippen LogP contribution is 2.06. The Morgan fingerprint density at radius 3 is 2.82 bits per heavy atom. The molecule has 0 radical (unpaired) electrons. The maximum absolute atomic E-state index is 4.34. The molecule has 0 fully saturated rings. The van der Waals surface area contributed by atoms with E-state index >= 15 is 0 Å². The van der Waals surface area contributed by atoms with E-state index < -0.39 is 0 Å². The molecule has 2 heterocycles. The molecule has 0 N–H and O–H groups in total. The highest BCUT2D eigenvalue weighted by molar-refractivity contribution is 5.03. The summed E-state index contributed by atoms with van der Waals surface area (Å²) in [6.45, 7) is 5.88. The van der Waals surface area contributed by atoms with Gasteiger partial charge in [-0.05, 0) is 26.0 Å². The highest BCUT2D eigenvalue weighted by atomic mass is 15.4. The van der Waals surface area contributed by atoms with E-state index in [9.17, 15) is 0 Å². The van der Waals surface area contributed by atoms with Crippen LogP contribution in [-0.2, 0) is 13.2 Å². The van der Waals surface area contributed by atoms with Gasteiger partial charge >= 0.3 is 0 Å². The Labute approximate surface area is 101 Å². The lowest BCUT2D eigenvalue weighted by Gasteiger charge is -2.25. The van der Waals surface area contributed by atoms with Crippen LogP contribution in [0.15, 0.2) is 37.1 Å². The second-order valence-corrected chi connectivity index (χ2v) is 4.24. The van der Waals surface area contributed by atoms with Crippen LogP contribution < -0.4 is 0 Å². The molecular formula is C12H17N5. The van der Waals surface area contributed by atoms with Crippen molar-refractivity contribution in [3.05, 3.63) is 42.7 Å². The van der Waals surface area contributed by atoms with Gasteiger partial charge in [-0.2, -0.15) is 5.10 Å². The zero-order valence-electron chi connectivity index (χ0n) is 10.2. The number of rotatable bonds is 5. The molecule has 2 aromatic heterocycles. The molecule has 5 heteroatoms. The average Bonchev–Trinajstić information content (AvgIpc) is 2.82. The van der Waals surface area contributed by atoms with Crippen LogP contribution in [0.2, 0.25) is 0 Å². The summed E-state index contributed by atoms with van der Waals surface area (Å²) in [6, 6.07) is 6.41. The number of aromatic nitrogens is 4. The molecule has 0 aliphatic heterocycles. The van der Waals surface area contributed by atoms with E-state index in [4.69, 9.17) is 0 Å². The fourth-order valence-corrected chi connectivity index (χ4v) is 1.59. The van der Waals surface area contributed by atoms with E-state index in [0.717, 1.165) is 18.9 Å². The van der Waals surface area contributed by atoms with Crippen molar-refractivity contribution in [2.24, 2.45) is 0 Å². The van der Waals surface area contributed by atoms with Crippen LogP contribution in [-0.4, -0.2) is 30.7 Å². The molecule has 0 aromatic carbocycles. The third-order valence-electron chi connectivity index (χ3n) is 2.61. The van der Waals surface area contributed by atoms with Gasteiger partial charge < -0.3 is 0 Å². The van der Waals surface area contributed by atoms with E-state index in [2.05, 4.69) is 33.8 Å². The Morgan fingerprint density at radius 1 is 1.35 bits per heavy atom. The van der Waals surface area contributed by atoms with Gasteiger partial charge in [0.15, 0.2) is 0 Å². The highest BCUT2D eigenvalue weighted by Gasteiger charge is 2.11. The first-order valence-corrected chi connectivity index (χ1v) is 5.72. The number of hydrogen-bond donors (Lipinski definition) is 0. The van der Waals surface area contributed by atoms with E-state index in [-0.39, 0.29) is 0 Å². The van der Waals surface area contributed by atoms with Crippen molar-refractivity contribution in [3.8, 4) is 0 Å². The number of pyridine rings is 1. The SMILES string of the molecule is CC(C)N(Cc1ccccn1)Cn1cncn1. The molecule has 17 heavy (non-hydrogen) atoms. The predicted molar refractivity (Wildman–Crippen MR) is 64.9 cm³/mol. The van der Waals surface area contributed by atoms with Gasteiger partial charge in [0.25, 0.3) is 0 Å². The summed E-state index contributed by atoms with van der Waals surface area (Å²) in [7, 11) is 0. The van der Waals surface area contributed by atoms with Gasteiger partial charge in [-0.15, -0.1) is 0 Å². The maximum Gasteiger partial charge on any atom is 0.137 e. The Hall–Kier alpha value is -1.75. The third kappa shape index (κ3) is 3.35. The van der Waals surface area contributed by atoms with Gasteiger partial charge in [0.05, 0.1) is 12.4 Å². The van der Waals surface area contributed by atoms with E-state index in [1.165, 1.54) is 0 Å². The summed E-state index contributed by atoms with van der Waals surface area (Å²) in [5.41, 5.74) is 1.07. The van der Waals surface area contributed by atoms with Crippen molar-refractivity contribution >= 4 is 0 Å². The van der Waals surface area contributed by atoms with E-state index in [1.54, 1.807) is 12.7 Å². The molecule has 5 nitrogen and oxygen atoms in total. The Bertz CT molecular complexity index is 423. The van der Waals surface area contributed by atoms with Crippen LogP contribution in [0.25, 0.3) is 0 Å². The first kappa shape index (κ1) is 11.7. The average molecular weight is 231 g/mol. The van der Waals surface area contributed by atoms with Gasteiger partial charge in [0.1, 0.15) is 12.7 Å². The molecular weight excluding hydrogens is 214 g/mol. The number of hydrogen-bond acceptors (Lipinski definition) is 4. The van der Waals surface area contributed by atoms with Crippen LogP contribution >= 0.6 is 0 Å². The second-order valence-electron chi connectivity index (χ2n) is 4.24. The van der Waals surface area contributed by atoms with E-state index in [0.29, 0.717) is 6.04 Å². The smallest absolute Gasteiger partial charge is 0.137 e. The molecule has 2 aromatic rings. The van der Waals surface area contributed by atoms with Crippen molar-refractivity contribution in [1.29, 1.82) is 0 Å². The van der Waals surface area contributed by atoms with Crippen LogP contribution in [0.4, 0.5) is 0 Å². The summed E-state index contributed by atoms with van der Waals surface area (Å²) >= 11 is 0. The van der Waals surface area contributed by atoms with Crippen LogP contribution in [0.5, 0.6) is 0 Å². The predicted octanol–water partition coefficient (Wildman–Crippen LogP) is 1.54. The fourth-order valence-electron chi connectivity index (χ4n) is 1.59. The van der Waals surface area contributed by atoms with Crippen molar-refractivity contribution in [3.63, 3.8) is 0 Å². The van der Waals surface area contributed by atoms with Crippen LogP contribution in [0, 0.1) is 0 Å². The zero-order valence-corrected chi connectivity index (χ0v) is 10.2. The first-order valence-electron chi connectivity index (χ1n) is 5.72. The lowest BCUT2D eigenvalue weighted by atomic mass is 10.3. The summed E-state index contributed by atoms with van der Waals surface area (Å²) in [5, 5.41) is 4.12. The lowest BCUT2D eigenvalue weighted by Crippen LogP contribution is -2.32. The molecule has 0 amide bonds. The van der Waals surface area contributed by atoms with Gasteiger partial charge in [-0.1, -0.05) is 6.07 Å². The normalized spacial score (nSPS) is 11.3. The monoisotopic (exact) mass is 231 g/mol. The molecule has 0 spiro atoms. The van der Waals surface area contributed by atoms with Crippen molar-refractivity contribution in [1.82, 2.24) is 24.6 Å². The van der Waals surface area contributed by atoms with Crippen LogP contribution in [0.3, 0.4) is 0 Å². The first-order chi connectivity index (χ1) is 8.25. The molecule has 0 saturated heterocycles. The Balaban J connectivity index is 2.03. The minimum absolute atomic E-state index is 0.432. The molecule has 0 saturated carbocycles. The molecule has 90 valence electrons. The standard InChI is InChI=1S/C12H17N5/c1-11(2)16(10-17-9-13-8-15-17)7-12-5-3-4-6-14-12/h3-6,8-9,11H,7,10H2,1-2H3. The fraction of sp³-hybridized carbons (Fsp3) is 0.417. The summed E-state index contributed by atoms with van der Waals surface area (Å²) in [5.74, 6) is 0. The zero-order chi connectivity index (χ0) is 12.1. The molecule has 2 rings (SSSR count). The van der Waals surface area contributed by atoms with Gasteiger partial charge in [-0.3, -0.25) is 9.88 Å². The molecule has 0 aliphatic rings. The maximum atomic E-state index is 4.34. The van der Waals surface area contributed by atoms with E-state index in [1.807, 2.05) is 29.1 Å². The quantitative estimate of drug-likeness (QED) is 0.783. The summed E-state index contributed by atoms with van der Waals surface area (Å²) in [4.78, 5) is 10.6. The van der Waals surface area contributed by atoms with Crippen LogP contribution in [0.1, 0.15) is 19.5 Å². The molecule has 0 atom stereocenters. The van der Waals surface area contributed by atoms with Crippen molar-refractivity contribution < 1.29 is 0 Å². The second kappa shape index (κ2) is 5.54. The minimum Gasteiger partial charge on any atom is -0.276 e. The Morgan fingerprint density at radius 2 is 2.24 bits per heavy atom. The lowest BCUT2D eigenvalue weighted by molar-refractivity contribution is 0.152. The van der Waals surface area contributed by atoms with Gasteiger partial charge in [0.2, 0.25) is 0 Å². The summed E-state index contributed by atoms with van der Waals surface area (Å²) < 4.78 is 1.82.